The van der Waals surface area contributed by atoms with Crippen molar-refractivity contribution in [1.29, 1.82) is 5.26 Å². The molecule has 4 heteroatoms. The minimum absolute atomic E-state index is 0.336. The molecule has 0 aromatic rings. The summed E-state index contributed by atoms with van der Waals surface area (Å²) >= 11 is 0. The Labute approximate surface area is 96.9 Å². The Morgan fingerprint density at radius 2 is 2.38 bits per heavy atom. The van der Waals surface area contributed by atoms with Crippen LogP contribution in [0.3, 0.4) is 0 Å². The van der Waals surface area contributed by atoms with Crippen molar-refractivity contribution >= 4 is 5.97 Å². The molecule has 0 aromatic heterocycles. The third-order valence-corrected chi connectivity index (χ3v) is 3.42. The van der Waals surface area contributed by atoms with E-state index in [0.717, 1.165) is 38.8 Å². The fraction of sp³-hybridized carbons (Fsp3) is 0.833. The number of carbonyl (C=O) groups is 1. The predicted molar refractivity (Wildman–Crippen MR) is 60.9 cm³/mol. The van der Waals surface area contributed by atoms with Crippen molar-refractivity contribution in [2.75, 3.05) is 13.1 Å². The van der Waals surface area contributed by atoms with Crippen LogP contribution in [0.2, 0.25) is 0 Å². The van der Waals surface area contributed by atoms with Gasteiger partial charge >= 0.3 is 5.97 Å². The van der Waals surface area contributed by atoms with Gasteiger partial charge in [-0.3, -0.25) is 9.69 Å². The van der Waals surface area contributed by atoms with Crippen molar-refractivity contribution in [3.63, 3.8) is 0 Å². The van der Waals surface area contributed by atoms with Gasteiger partial charge in [-0.2, -0.15) is 5.26 Å². The molecule has 1 heterocycles. The first-order valence-corrected chi connectivity index (χ1v) is 6.02. The molecule has 1 aliphatic rings. The second-order valence-corrected chi connectivity index (χ2v) is 4.45. The highest BCUT2D eigenvalue weighted by Crippen LogP contribution is 2.25. The van der Waals surface area contributed by atoms with Crippen molar-refractivity contribution < 1.29 is 9.90 Å². The van der Waals surface area contributed by atoms with Crippen molar-refractivity contribution in [1.82, 2.24) is 4.90 Å². The number of hydrogen-bond acceptors (Lipinski definition) is 3. The third-order valence-electron chi connectivity index (χ3n) is 3.42. The van der Waals surface area contributed by atoms with Gasteiger partial charge in [0.25, 0.3) is 0 Å². The lowest BCUT2D eigenvalue weighted by molar-refractivity contribution is -0.145. The number of nitrogens with zero attached hydrogens (tertiary/aromatic N) is 2. The zero-order valence-corrected chi connectivity index (χ0v) is 9.85. The van der Waals surface area contributed by atoms with Crippen LogP contribution in [0.1, 0.15) is 39.0 Å². The molecule has 0 amide bonds. The number of hydrogen-bond donors (Lipinski definition) is 1. The molecule has 0 spiro atoms. The molecule has 2 atom stereocenters. The zero-order chi connectivity index (χ0) is 12.0. The van der Waals surface area contributed by atoms with E-state index in [1.807, 2.05) is 4.90 Å². The van der Waals surface area contributed by atoms with Crippen LogP contribution in [0.15, 0.2) is 0 Å². The molecule has 1 aliphatic heterocycles. The zero-order valence-electron chi connectivity index (χ0n) is 9.85. The van der Waals surface area contributed by atoms with Gasteiger partial charge in [-0.05, 0) is 38.3 Å². The van der Waals surface area contributed by atoms with Gasteiger partial charge in [0.1, 0.15) is 6.04 Å². The molecule has 4 nitrogen and oxygen atoms in total. The molecule has 0 aliphatic carbocycles. The van der Waals surface area contributed by atoms with Crippen molar-refractivity contribution in [3.8, 4) is 6.07 Å². The Hall–Kier alpha value is -1.08. The summed E-state index contributed by atoms with van der Waals surface area (Å²) in [4.78, 5) is 13.2. The fourth-order valence-corrected chi connectivity index (χ4v) is 2.34. The van der Waals surface area contributed by atoms with E-state index in [-0.39, 0.29) is 6.04 Å². The van der Waals surface area contributed by atoms with Crippen LogP contribution < -0.4 is 0 Å². The fourth-order valence-electron chi connectivity index (χ4n) is 2.34. The molecule has 0 bridgehead atoms. The lowest BCUT2D eigenvalue weighted by atomic mass is 9.89. The standard InChI is InChI=1S/C12H20N2O2/c1-2-10-5-8-14(7-4-3-6-13)11(9-10)12(15)16/h10-11H,2-5,7-9H2,1H3,(H,15,16). The van der Waals surface area contributed by atoms with E-state index in [0.29, 0.717) is 12.3 Å². The van der Waals surface area contributed by atoms with Gasteiger partial charge < -0.3 is 5.11 Å². The average molecular weight is 224 g/mol. The van der Waals surface area contributed by atoms with E-state index < -0.39 is 5.97 Å². The van der Waals surface area contributed by atoms with Crippen LogP contribution in [-0.2, 0) is 4.79 Å². The number of rotatable bonds is 5. The predicted octanol–water partition coefficient (Wildman–Crippen LogP) is 1.87. The molecule has 1 fully saturated rings. The quantitative estimate of drug-likeness (QED) is 0.724. The topological polar surface area (TPSA) is 64.3 Å². The molecule has 90 valence electrons. The summed E-state index contributed by atoms with van der Waals surface area (Å²) in [6.07, 6.45) is 4.21. The second kappa shape index (κ2) is 6.49. The molecule has 1 rings (SSSR count). The molecule has 0 radical (unpaired) electrons. The largest absolute Gasteiger partial charge is 0.480 e. The monoisotopic (exact) mass is 224 g/mol. The van der Waals surface area contributed by atoms with Gasteiger partial charge in [0.05, 0.1) is 6.07 Å². The van der Waals surface area contributed by atoms with Crippen molar-refractivity contribution in [2.24, 2.45) is 5.92 Å². The van der Waals surface area contributed by atoms with Crippen LogP contribution in [0, 0.1) is 17.2 Å². The molecular formula is C12H20N2O2. The van der Waals surface area contributed by atoms with Crippen molar-refractivity contribution in [3.05, 3.63) is 0 Å². The summed E-state index contributed by atoms with van der Waals surface area (Å²) in [5, 5.41) is 17.6. The van der Waals surface area contributed by atoms with E-state index in [1.165, 1.54) is 0 Å². The highest BCUT2D eigenvalue weighted by molar-refractivity contribution is 5.73. The minimum atomic E-state index is -0.713. The maximum Gasteiger partial charge on any atom is 0.320 e. The normalized spacial score (nSPS) is 26.2. The van der Waals surface area contributed by atoms with Gasteiger partial charge in [-0.25, -0.2) is 0 Å². The molecule has 1 N–H and O–H groups in total. The second-order valence-electron chi connectivity index (χ2n) is 4.45. The summed E-state index contributed by atoms with van der Waals surface area (Å²) in [6, 6.07) is 1.76. The first-order chi connectivity index (χ1) is 7.69. The first kappa shape index (κ1) is 13.0. The van der Waals surface area contributed by atoms with Gasteiger partial charge in [0.2, 0.25) is 0 Å². The summed E-state index contributed by atoms with van der Waals surface area (Å²) in [6.45, 7) is 3.72. The number of likely N-dealkylation sites (tertiary alicyclic amines) is 1. The van der Waals surface area contributed by atoms with E-state index in [9.17, 15) is 9.90 Å². The van der Waals surface area contributed by atoms with Gasteiger partial charge in [-0.1, -0.05) is 13.3 Å². The molecule has 0 saturated carbocycles. The number of nitriles is 1. The molecule has 1 saturated heterocycles. The third kappa shape index (κ3) is 3.49. The Morgan fingerprint density at radius 1 is 1.62 bits per heavy atom. The first-order valence-electron chi connectivity index (χ1n) is 6.02. The lowest BCUT2D eigenvalue weighted by Crippen LogP contribution is -2.47. The lowest BCUT2D eigenvalue weighted by Gasteiger charge is -2.36. The molecule has 0 aromatic carbocycles. The molecular weight excluding hydrogens is 204 g/mol. The number of carboxylic acid groups (broad SMARTS) is 1. The smallest absolute Gasteiger partial charge is 0.320 e. The number of aliphatic carboxylic acids is 1. The van der Waals surface area contributed by atoms with E-state index in [4.69, 9.17) is 5.26 Å². The number of piperidine rings is 1. The summed E-state index contributed by atoms with van der Waals surface area (Å²) in [5.41, 5.74) is 0. The minimum Gasteiger partial charge on any atom is -0.480 e. The average Bonchev–Trinajstić information content (AvgIpc) is 2.29. The van der Waals surface area contributed by atoms with Crippen LogP contribution in [-0.4, -0.2) is 35.1 Å². The SMILES string of the molecule is CCC1CCN(CCCC#N)C(C(=O)O)C1. The number of carboxylic acids is 1. The summed E-state index contributed by atoms with van der Waals surface area (Å²) < 4.78 is 0. The molecule has 16 heavy (non-hydrogen) atoms. The van der Waals surface area contributed by atoms with E-state index in [2.05, 4.69) is 13.0 Å². The van der Waals surface area contributed by atoms with Gasteiger partial charge in [0, 0.05) is 6.42 Å². The van der Waals surface area contributed by atoms with Gasteiger partial charge in [0.15, 0.2) is 0 Å². The Morgan fingerprint density at radius 3 is 2.94 bits per heavy atom. The summed E-state index contributed by atoms with van der Waals surface area (Å²) in [5.74, 6) is -0.163. The Bertz CT molecular complexity index is 273. The highest BCUT2D eigenvalue weighted by Gasteiger charge is 2.31. The van der Waals surface area contributed by atoms with E-state index in [1.54, 1.807) is 0 Å². The van der Waals surface area contributed by atoms with E-state index >= 15 is 0 Å². The summed E-state index contributed by atoms with van der Waals surface area (Å²) in [7, 11) is 0. The number of unbranched alkanes of at least 4 members (excludes halogenated alkanes) is 1. The van der Waals surface area contributed by atoms with Crippen molar-refractivity contribution in [2.45, 2.75) is 45.1 Å². The van der Waals surface area contributed by atoms with Crippen LogP contribution in [0.4, 0.5) is 0 Å². The maximum atomic E-state index is 11.2. The Balaban J connectivity index is 2.48. The van der Waals surface area contributed by atoms with Crippen LogP contribution in [0.25, 0.3) is 0 Å². The molecule has 2 unspecified atom stereocenters. The Kier molecular flexibility index (Phi) is 5.27. The maximum absolute atomic E-state index is 11.2. The van der Waals surface area contributed by atoms with Gasteiger partial charge in [-0.15, -0.1) is 0 Å². The highest BCUT2D eigenvalue weighted by atomic mass is 16.4. The van der Waals surface area contributed by atoms with Crippen LogP contribution in [0.5, 0.6) is 0 Å². The van der Waals surface area contributed by atoms with Crippen LogP contribution >= 0.6 is 0 Å².